The molecule has 1 rings (SSSR count). The number of hydrogen-bond donors (Lipinski definition) is 1. The van der Waals surface area contributed by atoms with Gasteiger partial charge in [-0.2, -0.15) is 0 Å². The van der Waals surface area contributed by atoms with Gasteiger partial charge < -0.3 is 9.29 Å². The summed E-state index contributed by atoms with van der Waals surface area (Å²) in [4.78, 5) is 0.0134. The molecular weight excluding hydrogens is 244 g/mol. The summed E-state index contributed by atoms with van der Waals surface area (Å²) in [6.45, 7) is 0. The number of hydrogen-bond acceptors (Lipinski definition) is 2. The van der Waals surface area contributed by atoms with Gasteiger partial charge in [-0.1, -0.05) is 0 Å². The van der Waals surface area contributed by atoms with Crippen molar-refractivity contribution in [3.05, 3.63) is 24.3 Å². The van der Waals surface area contributed by atoms with Crippen molar-refractivity contribution in [3.8, 4) is 5.75 Å². The average Bonchev–Trinajstić information content (AvgIpc) is 2.02. The molecule has 0 fully saturated rings. The van der Waals surface area contributed by atoms with E-state index in [2.05, 4.69) is 4.74 Å². The molecule has 1 unspecified atom stereocenters. The summed E-state index contributed by atoms with van der Waals surface area (Å²) >= 11 is -2.20. The summed E-state index contributed by atoms with van der Waals surface area (Å²) in [5.41, 5.74) is 0. The SMILES string of the molecule is O=S(O)c1ccc(OC(F)(F)F)cc1.[Na]. The number of halogens is 3. The fourth-order valence-corrected chi connectivity index (χ4v) is 1.13. The van der Waals surface area contributed by atoms with Crippen LogP contribution in [0.3, 0.4) is 0 Å². The van der Waals surface area contributed by atoms with Gasteiger partial charge in [0.1, 0.15) is 5.75 Å². The van der Waals surface area contributed by atoms with Crippen molar-refractivity contribution in [1.82, 2.24) is 0 Å². The molecule has 0 heterocycles. The van der Waals surface area contributed by atoms with E-state index in [0.717, 1.165) is 24.3 Å². The first-order valence-electron chi connectivity index (χ1n) is 3.35. The molecule has 0 spiro atoms. The summed E-state index contributed by atoms with van der Waals surface area (Å²) in [5.74, 6) is -0.424. The first-order valence-corrected chi connectivity index (χ1v) is 4.46. The van der Waals surface area contributed by atoms with Gasteiger partial charge in [0.15, 0.2) is 11.1 Å². The van der Waals surface area contributed by atoms with Crippen LogP contribution in [-0.2, 0) is 11.1 Å². The first-order chi connectivity index (χ1) is 6.38. The summed E-state index contributed by atoms with van der Waals surface area (Å²) in [6.07, 6.45) is -4.75. The average molecular weight is 249 g/mol. The van der Waals surface area contributed by atoms with Crippen molar-refractivity contribution in [2.75, 3.05) is 0 Å². The Morgan fingerprint density at radius 1 is 1.20 bits per heavy atom. The Balaban J connectivity index is 0.00000196. The minimum atomic E-state index is -4.75. The molecule has 0 aromatic heterocycles. The number of rotatable bonds is 2. The maximum Gasteiger partial charge on any atom is 0.573 e. The molecule has 0 amide bonds. The van der Waals surface area contributed by atoms with Crippen molar-refractivity contribution < 1.29 is 26.7 Å². The van der Waals surface area contributed by atoms with E-state index >= 15 is 0 Å². The molecule has 0 saturated heterocycles. The van der Waals surface area contributed by atoms with E-state index in [4.69, 9.17) is 4.55 Å². The van der Waals surface area contributed by atoms with Gasteiger partial charge in [-0.25, -0.2) is 4.21 Å². The Morgan fingerprint density at radius 3 is 2.00 bits per heavy atom. The summed E-state index contributed by atoms with van der Waals surface area (Å²) in [7, 11) is 0. The third-order valence-electron chi connectivity index (χ3n) is 1.26. The second-order valence-electron chi connectivity index (χ2n) is 2.27. The van der Waals surface area contributed by atoms with E-state index in [1.54, 1.807) is 0 Å². The van der Waals surface area contributed by atoms with Crippen LogP contribution in [0.15, 0.2) is 29.2 Å². The van der Waals surface area contributed by atoms with Crippen molar-refractivity contribution >= 4 is 40.6 Å². The van der Waals surface area contributed by atoms with Crippen LogP contribution in [0.4, 0.5) is 13.2 Å². The third-order valence-corrected chi connectivity index (χ3v) is 1.93. The van der Waals surface area contributed by atoms with Crippen LogP contribution in [0, 0.1) is 0 Å². The van der Waals surface area contributed by atoms with Crippen LogP contribution < -0.4 is 4.74 Å². The molecular formula is C7H5F3NaO3S. The molecule has 0 aliphatic heterocycles. The molecule has 0 saturated carbocycles. The molecule has 0 aliphatic carbocycles. The van der Waals surface area contributed by atoms with Gasteiger partial charge in [-0.3, -0.25) is 0 Å². The van der Waals surface area contributed by atoms with Crippen LogP contribution in [0.2, 0.25) is 0 Å². The van der Waals surface area contributed by atoms with E-state index in [1.165, 1.54) is 0 Å². The molecule has 8 heteroatoms. The van der Waals surface area contributed by atoms with Crippen LogP contribution in [0.1, 0.15) is 0 Å². The Hall–Kier alpha value is -0.0800. The molecule has 0 bridgehead atoms. The van der Waals surface area contributed by atoms with Crippen molar-refractivity contribution in [3.63, 3.8) is 0 Å². The van der Waals surface area contributed by atoms with Crippen LogP contribution in [0.25, 0.3) is 0 Å². The molecule has 1 aromatic rings. The largest absolute Gasteiger partial charge is 0.573 e. The number of alkyl halides is 3. The van der Waals surface area contributed by atoms with Gasteiger partial charge in [0.05, 0.1) is 4.90 Å². The van der Waals surface area contributed by atoms with Crippen molar-refractivity contribution in [1.29, 1.82) is 0 Å². The molecule has 79 valence electrons. The Labute approximate surface area is 108 Å². The van der Waals surface area contributed by atoms with E-state index in [0.29, 0.717) is 0 Å². The second kappa shape index (κ2) is 5.86. The number of benzene rings is 1. The summed E-state index contributed by atoms with van der Waals surface area (Å²) < 4.78 is 57.6. The Morgan fingerprint density at radius 2 is 1.67 bits per heavy atom. The van der Waals surface area contributed by atoms with Gasteiger partial charge in [0.2, 0.25) is 0 Å². The normalized spacial score (nSPS) is 12.8. The first kappa shape index (κ1) is 14.9. The predicted molar refractivity (Wildman–Crippen MR) is 47.9 cm³/mol. The van der Waals surface area contributed by atoms with Gasteiger partial charge in [-0.15, -0.1) is 13.2 Å². The minimum Gasteiger partial charge on any atom is -0.406 e. The van der Waals surface area contributed by atoms with E-state index in [9.17, 15) is 17.4 Å². The van der Waals surface area contributed by atoms with Crippen LogP contribution >= 0.6 is 0 Å². The van der Waals surface area contributed by atoms with Crippen molar-refractivity contribution in [2.45, 2.75) is 11.3 Å². The van der Waals surface area contributed by atoms with Crippen molar-refractivity contribution in [2.24, 2.45) is 0 Å². The molecule has 1 radical (unpaired) electrons. The fourth-order valence-electron chi connectivity index (χ4n) is 0.758. The summed E-state index contributed by atoms with van der Waals surface area (Å²) in [5, 5.41) is 0. The Bertz CT molecular complexity index is 338. The molecule has 1 N–H and O–H groups in total. The molecule has 1 atom stereocenters. The number of ether oxygens (including phenoxy) is 1. The zero-order chi connectivity index (χ0) is 10.8. The standard InChI is InChI=1S/C7H5F3O3S.Na/c8-7(9,10)13-5-1-3-6(4-2-5)14(11)12;/h1-4H,(H,11,12);. The molecule has 3 nitrogen and oxygen atoms in total. The monoisotopic (exact) mass is 249 g/mol. The maximum atomic E-state index is 11.7. The minimum absolute atomic E-state index is 0. The van der Waals surface area contributed by atoms with E-state index in [-0.39, 0.29) is 34.5 Å². The molecule has 1 aromatic carbocycles. The fraction of sp³-hybridized carbons (Fsp3) is 0.143. The van der Waals surface area contributed by atoms with Gasteiger partial charge in [0, 0.05) is 29.6 Å². The van der Waals surface area contributed by atoms with Gasteiger partial charge in [0.25, 0.3) is 0 Å². The zero-order valence-electron chi connectivity index (χ0n) is 7.62. The van der Waals surface area contributed by atoms with E-state index < -0.39 is 23.2 Å². The van der Waals surface area contributed by atoms with E-state index in [1.807, 2.05) is 0 Å². The predicted octanol–water partition coefficient (Wildman–Crippen LogP) is 1.78. The topological polar surface area (TPSA) is 46.5 Å². The van der Waals surface area contributed by atoms with Gasteiger partial charge in [-0.05, 0) is 24.3 Å². The zero-order valence-corrected chi connectivity index (χ0v) is 10.4. The quantitative estimate of drug-likeness (QED) is 0.642. The molecule has 15 heavy (non-hydrogen) atoms. The smallest absolute Gasteiger partial charge is 0.406 e. The Kier molecular flexibility index (Phi) is 5.82. The van der Waals surface area contributed by atoms with Crippen LogP contribution in [0.5, 0.6) is 5.75 Å². The van der Waals surface area contributed by atoms with Gasteiger partial charge >= 0.3 is 6.36 Å². The third kappa shape index (κ3) is 5.53. The molecule has 0 aliphatic rings. The maximum absolute atomic E-state index is 11.7. The van der Waals surface area contributed by atoms with Crippen LogP contribution in [-0.4, -0.2) is 44.7 Å². The summed E-state index contributed by atoms with van der Waals surface area (Å²) in [6, 6.07) is 4.10. The second-order valence-corrected chi connectivity index (χ2v) is 3.24.